The molecule has 1 atom stereocenters. The van der Waals surface area contributed by atoms with Gasteiger partial charge in [0.15, 0.2) is 0 Å². The van der Waals surface area contributed by atoms with Crippen molar-refractivity contribution >= 4 is 21.8 Å². The lowest BCUT2D eigenvalue weighted by Gasteiger charge is -2.24. The predicted molar refractivity (Wildman–Crippen MR) is 87.0 cm³/mol. The number of amides is 2. The van der Waals surface area contributed by atoms with Crippen LogP contribution in [0.4, 0.5) is 0 Å². The van der Waals surface area contributed by atoms with Gasteiger partial charge in [0.25, 0.3) is 15.9 Å². The molecule has 9 heteroatoms. The van der Waals surface area contributed by atoms with E-state index in [2.05, 4.69) is 5.16 Å². The van der Waals surface area contributed by atoms with E-state index in [1.54, 1.807) is 32.2 Å². The van der Waals surface area contributed by atoms with E-state index < -0.39 is 15.9 Å². The van der Waals surface area contributed by atoms with Crippen LogP contribution in [0, 0.1) is 0 Å². The van der Waals surface area contributed by atoms with Crippen molar-refractivity contribution in [2.24, 2.45) is 0 Å². The van der Waals surface area contributed by atoms with Crippen LogP contribution < -0.4 is 0 Å². The van der Waals surface area contributed by atoms with Gasteiger partial charge in [-0.15, -0.1) is 0 Å². The Morgan fingerprint density at radius 3 is 2.68 bits per heavy atom. The van der Waals surface area contributed by atoms with Gasteiger partial charge < -0.3 is 9.42 Å². The Bertz CT molecular complexity index is 908. The number of hydrogen-bond acceptors (Lipinski definition) is 6. The molecule has 0 radical (unpaired) electrons. The predicted octanol–water partition coefficient (Wildman–Crippen LogP) is 1.43. The molecule has 1 aliphatic rings. The molecule has 8 nitrogen and oxygen atoms in total. The van der Waals surface area contributed by atoms with Crippen molar-refractivity contribution in [3.05, 3.63) is 47.9 Å². The van der Waals surface area contributed by atoms with Crippen molar-refractivity contribution in [1.29, 1.82) is 0 Å². The van der Waals surface area contributed by atoms with Gasteiger partial charge in [0.2, 0.25) is 5.91 Å². The Kier molecular flexibility index (Phi) is 4.34. The molecule has 0 saturated carbocycles. The maximum atomic E-state index is 12.5. The SMILES string of the molecule is C[C@H](c1ccon1)N(C)C(=O)CCN1C(=O)c2ccccc2S1(=O)=O. The van der Waals surface area contributed by atoms with Crippen molar-refractivity contribution in [3.8, 4) is 0 Å². The van der Waals surface area contributed by atoms with Crippen LogP contribution in [-0.4, -0.2) is 48.2 Å². The largest absolute Gasteiger partial charge is 0.364 e. The zero-order chi connectivity index (χ0) is 18.2. The van der Waals surface area contributed by atoms with E-state index in [1.165, 1.54) is 23.3 Å². The van der Waals surface area contributed by atoms with Crippen LogP contribution >= 0.6 is 0 Å². The number of benzene rings is 1. The first-order valence-corrected chi connectivity index (χ1v) is 9.10. The Hall–Kier alpha value is -2.68. The quantitative estimate of drug-likeness (QED) is 0.796. The fourth-order valence-corrected chi connectivity index (χ4v) is 4.25. The van der Waals surface area contributed by atoms with Gasteiger partial charge >= 0.3 is 0 Å². The Labute approximate surface area is 145 Å². The van der Waals surface area contributed by atoms with Crippen molar-refractivity contribution < 1.29 is 22.5 Å². The normalized spacial score (nSPS) is 16.6. The van der Waals surface area contributed by atoms with Gasteiger partial charge in [-0.25, -0.2) is 12.7 Å². The molecule has 0 saturated heterocycles. The molecular weight excluding hydrogens is 346 g/mol. The maximum Gasteiger partial charge on any atom is 0.269 e. The summed E-state index contributed by atoms with van der Waals surface area (Å²) < 4.78 is 30.4. The smallest absolute Gasteiger partial charge is 0.269 e. The summed E-state index contributed by atoms with van der Waals surface area (Å²) in [6.07, 6.45) is 1.30. The van der Waals surface area contributed by atoms with Crippen molar-refractivity contribution in [2.75, 3.05) is 13.6 Å². The second kappa shape index (κ2) is 6.32. The van der Waals surface area contributed by atoms with E-state index >= 15 is 0 Å². The molecule has 1 aromatic carbocycles. The second-order valence-electron chi connectivity index (χ2n) is 5.73. The highest BCUT2D eigenvalue weighted by atomic mass is 32.2. The minimum absolute atomic E-state index is 0.0169. The number of rotatable bonds is 5. The van der Waals surface area contributed by atoms with Crippen LogP contribution in [0.25, 0.3) is 0 Å². The van der Waals surface area contributed by atoms with Crippen LogP contribution in [0.3, 0.4) is 0 Å². The minimum atomic E-state index is -3.89. The summed E-state index contributed by atoms with van der Waals surface area (Å²) in [7, 11) is -2.30. The van der Waals surface area contributed by atoms with Crippen molar-refractivity contribution in [2.45, 2.75) is 24.3 Å². The summed E-state index contributed by atoms with van der Waals surface area (Å²) >= 11 is 0. The molecule has 2 heterocycles. The Morgan fingerprint density at radius 1 is 1.32 bits per heavy atom. The molecule has 3 rings (SSSR count). The molecule has 0 spiro atoms. The van der Waals surface area contributed by atoms with Gasteiger partial charge in [-0.2, -0.15) is 0 Å². The third kappa shape index (κ3) is 2.91. The average molecular weight is 363 g/mol. The molecular formula is C16H17N3O5S. The summed E-state index contributed by atoms with van der Waals surface area (Å²) in [5, 5.41) is 3.79. The lowest BCUT2D eigenvalue weighted by atomic mass is 10.2. The molecule has 0 bridgehead atoms. The third-order valence-corrected chi connectivity index (χ3v) is 6.14. The fraction of sp³-hybridized carbons (Fsp3) is 0.312. The summed E-state index contributed by atoms with van der Waals surface area (Å²) in [5.41, 5.74) is 0.729. The summed E-state index contributed by atoms with van der Waals surface area (Å²) in [6, 6.07) is 7.35. The molecule has 0 N–H and O–H groups in total. The van der Waals surface area contributed by atoms with E-state index in [1.807, 2.05) is 0 Å². The fourth-order valence-electron chi connectivity index (χ4n) is 2.68. The summed E-state index contributed by atoms with van der Waals surface area (Å²) in [5.74, 6) is -0.898. The molecule has 2 aromatic rings. The van der Waals surface area contributed by atoms with Crippen LogP contribution in [0.1, 0.15) is 35.4 Å². The van der Waals surface area contributed by atoms with Crippen LogP contribution in [0.2, 0.25) is 0 Å². The molecule has 0 fully saturated rings. The minimum Gasteiger partial charge on any atom is -0.364 e. The number of carbonyl (C=O) groups excluding carboxylic acids is 2. The number of carbonyl (C=O) groups is 2. The van der Waals surface area contributed by atoms with Crippen LogP contribution in [0.5, 0.6) is 0 Å². The van der Waals surface area contributed by atoms with Crippen molar-refractivity contribution in [1.82, 2.24) is 14.4 Å². The number of aromatic nitrogens is 1. The topological polar surface area (TPSA) is 101 Å². The Morgan fingerprint density at radius 2 is 2.04 bits per heavy atom. The van der Waals surface area contributed by atoms with Gasteiger partial charge in [-0.05, 0) is 19.1 Å². The van der Waals surface area contributed by atoms with E-state index in [4.69, 9.17) is 4.52 Å². The van der Waals surface area contributed by atoms with E-state index in [-0.39, 0.29) is 35.4 Å². The zero-order valence-electron chi connectivity index (χ0n) is 13.7. The lowest BCUT2D eigenvalue weighted by Crippen LogP contribution is -2.36. The number of sulfonamides is 1. The maximum absolute atomic E-state index is 12.5. The van der Waals surface area contributed by atoms with Crippen molar-refractivity contribution in [3.63, 3.8) is 0 Å². The second-order valence-corrected chi connectivity index (χ2v) is 7.56. The average Bonchev–Trinajstić information content (AvgIpc) is 3.19. The van der Waals surface area contributed by atoms with E-state index in [0.29, 0.717) is 5.69 Å². The van der Waals surface area contributed by atoms with Gasteiger partial charge in [0, 0.05) is 26.1 Å². The first kappa shape index (κ1) is 17.2. The van der Waals surface area contributed by atoms with E-state index in [0.717, 1.165) is 4.31 Å². The molecule has 0 unspecified atom stereocenters. The van der Waals surface area contributed by atoms with Gasteiger partial charge in [-0.3, -0.25) is 9.59 Å². The third-order valence-electron chi connectivity index (χ3n) is 4.30. The highest BCUT2D eigenvalue weighted by molar-refractivity contribution is 7.90. The first-order chi connectivity index (χ1) is 11.8. The summed E-state index contributed by atoms with van der Waals surface area (Å²) in [6.45, 7) is 1.58. The highest BCUT2D eigenvalue weighted by Crippen LogP contribution is 2.30. The van der Waals surface area contributed by atoms with Gasteiger partial charge in [0.05, 0.1) is 11.6 Å². The molecule has 132 valence electrons. The standard InChI is InChI=1S/C16H17N3O5S/c1-11(13-8-10-24-17-13)18(2)15(20)7-9-19-16(21)12-5-3-4-6-14(12)25(19,22)23/h3-6,8,10-11H,7,9H2,1-2H3/t11-/m1/s1. The van der Waals surface area contributed by atoms with Crippen LogP contribution in [0.15, 0.2) is 46.0 Å². The van der Waals surface area contributed by atoms with E-state index in [9.17, 15) is 18.0 Å². The monoisotopic (exact) mass is 363 g/mol. The van der Waals surface area contributed by atoms with Crippen LogP contribution in [-0.2, 0) is 14.8 Å². The molecule has 0 aliphatic carbocycles. The molecule has 25 heavy (non-hydrogen) atoms. The summed E-state index contributed by atoms with van der Waals surface area (Å²) in [4.78, 5) is 26.1. The number of fused-ring (bicyclic) bond motifs is 1. The number of nitrogens with zero attached hydrogens (tertiary/aromatic N) is 3. The van der Waals surface area contributed by atoms with Gasteiger partial charge in [-0.1, -0.05) is 17.3 Å². The number of hydrogen-bond donors (Lipinski definition) is 0. The molecule has 1 aromatic heterocycles. The zero-order valence-corrected chi connectivity index (χ0v) is 14.6. The van der Waals surface area contributed by atoms with Gasteiger partial charge in [0.1, 0.15) is 16.9 Å². The first-order valence-electron chi connectivity index (χ1n) is 7.66. The Balaban J connectivity index is 1.70. The lowest BCUT2D eigenvalue weighted by molar-refractivity contribution is -0.131. The molecule has 1 aliphatic heterocycles. The molecule has 2 amide bonds. The highest BCUT2D eigenvalue weighted by Gasteiger charge is 2.40.